The number of hydrogen-bond acceptors (Lipinski definition) is 4. The summed E-state index contributed by atoms with van der Waals surface area (Å²) in [5.41, 5.74) is 0.339. The maximum Gasteiger partial charge on any atom is 0.292 e. The quantitative estimate of drug-likeness (QED) is 0.690. The van der Waals surface area contributed by atoms with Crippen LogP contribution in [0, 0.1) is 0 Å². The topological polar surface area (TPSA) is 62.3 Å². The van der Waals surface area contributed by atoms with Gasteiger partial charge in [0.2, 0.25) is 5.78 Å². The number of halogens is 1. The number of aromatic nitrogens is 1. The summed E-state index contributed by atoms with van der Waals surface area (Å²) in [4.78, 5) is 30.6. The third kappa shape index (κ3) is 3.68. The number of rotatable bonds is 4. The number of pyridine rings is 1. The molecule has 1 N–H and O–H groups in total. The van der Waals surface area contributed by atoms with Crippen molar-refractivity contribution in [1.29, 1.82) is 0 Å². The SMILES string of the molecule is O=C(N[C@@H]1CCN(c2ccccn2)C1)C(=O)c1ccc(Cl)cc1. The highest BCUT2D eigenvalue weighted by Gasteiger charge is 2.27. The summed E-state index contributed by atoms with van der Waals surface area (Å²) in [6, 6.07) is 12.0. The number of carbonyl (C=O) groups is 2. The predicted octanol–water partition coefficient (Wildman–Crippen LogP) is 2.31. The lowest BCUT2D eigenvalue weighted by atomic mass is 10.1. The maximum atomic E-state index is 12.1. The Balaban J connectivity index is 1.58. The van der Waals surface area contributed by atoms with E-state index in [1.807, 2.05) is 18.2 Å². The highest BCUT2D eigenvalue weighted by Crippen LogP contribution is 2.17. The first kappa shape index (κ1) is 15.5. The van der Waals surface area contributed by atoms with Gasteiger partial charge >= 0.3 is 0 Å². The van der Waals surface area contributed by atoms with Crippen LogP contribution in [-0.4, -0.2) is 35.8 Å². The Bertz CT molecular complexity index is 704. The molecule has 2 heterocycles. The minimum Gasteiger partial charge on any atom is -0.354 e. The number of benzene rings is 1. The van der Waals surface area contributed by atoms with Crippen molar-refractivity contribution in [3.63, 3.8) is 0 Å². The number of hydrogen-bond donors (Lipinski definition) is 1. The standard InChI is InChI=1S/C17H16ClN3O2/c18-13-6-4-12(5-7-13)16(22)17(23)20-14-8-10-21(11-14)15-3-1-2-9-19-15/h1-7,9,14H,8,10-11H2,(H,20,23)/t14-/m1/s1. The van der Waals surface area contributed by atoms with Crippen LogP contribution >= 0.6 is 11.6 Å². The van der Waals surface area contributed by atoms with Gasteiger partial charge in [-0.25, -0.2) is 4.98 Å². The average Bonchev–Trinajstić information content (AvgIpc) is 3.04. The third-order valence-electron chi connectivity index (χ3n) is 3.81. The Morgan fingerprint density at radius 3 is 2.65 bits per heavy atom. The van der Waals surface area contributed by atoms with Gasteiger partial charge in [0, 0.05) is 35.9 Å². The van der Waals surface area contributed by atoms with E-state index < -0.39 is 11.7 Å². The van der Waals surface area contributed by atoms with Gasteiger partial charge in [-0.15, -0.1) is 0 Å². The van der Waals surface area contributed by atoms with Crippen LogP contribution in [-0.2, 0) is 4.79 Å². The Morgan fingerprint density at radius 2 is 1.96 bits per heavy atom. The molecule has 1 aromatic heterocycles. The van der Waals surface area contributed by atoms with Crippen molar-refractivity contribution in [2.75, 3.05) is 18.0 Å². The summed E-state index contributed by atoms with van der Waals surface area (Å²) in [5.74, 6) is -0.244. The van der Waals surface area contributed by atoms with Gasteiger partial charge in [-0.05, 0) is 42.8 Å². The molecule has 23 heavy (non-hydrogen) atoms. The van der Waals surface area contributed by atoms with Gasteiger partial charge in [0.25, 0.3) is 5.91 Å². The van der Waals surface area contributed by atoms with Crippen LogP contribution in [0.4, 0.5) is 5.82 Å². The van der Waals surface area contributed by atoms with Crippen LogP contribution in [0.5, 0.6) is 0 Å². The predicted molar refractivity (Wildman–Crippen MR) is 88.8 cm³/mol. The van der Waals surface area contributed by atoms with Crippen LogP contribution in [0.15, 0.2) is 48.7 Å². The zero-order chi connectivity index (χ0) is 16.2. The molecule has 0 spiro atoms. The lowest BCUT2D eigenvalue weighted by molar-refractivity contribution is -0.117. The number of nitrogens with one attached hydrogen (secondary N) is 1. The van der Waals surface area contributed by atoms with E-state index in [1.54, 1.807) is 30.5 Å². The molecule has 2 aromatic rings. The molecule has 0 saturated carbocycles. The van der Waals surface area contributed by atoms with E-state index in [9.17, 15) is 9.59 Å². The normalized spacial score (nSPS) is 17.1. The van der Waals surface area contributed by atoms with E-state index >= 15 is 0 Å². The largest absolute Gasteiger partial charge is 0.354 e. The number of Topliss-reactive ketones (excluding diaryl/α,β-unsaturated/α-hetero) is 1. The molecule has 1 amide bonds. The van der Waals surface area contributed by atoms with Gasteiger partial charge in [-0.3, -0.25) is 9.59 Å². The Labute approximate surface area is 139 Å². The molecule has 6 heteroatoms. The molecular weight excluding hydrogens is 314 g/mol. The average molecular weight is 330 g/mol. The number of carbonyl (C=O) groups excluding carboxylic acids is 2. The summed E-state index contributed by atoms with van der Waals surface area (Å²) < 4.78 is 0. The minimum absolute atomic E-state index is 0.0549. The third-order valence-corrected chi connectivity index (χ3v) is 4.06. The first-order valence-corrected chi connectivity index (χ1v) is 7.78. The molecule has 1 aliphatic rings. The second-order valence-electron chi connectivity index (χ2n) is 5.43. The molecule has 0 unspecified atom stereocenters. The van der Waals surface area contributed by atoms with Crippen LogP contribution in [0.2, 0.25) is 5.02 Å². The van der Waals surface area contributed by atoms with E-state index in [-0.39, 0.29) is 6.04 Å². The number of ketones is 1. The maximum absolute atomic E-state index is 12.1. The molecule has 3 rings (SSSR count). The molecule has 0 radical (unpaired) electrons. The van der Waals surface area contributed by atoms with Gasteiger partial charge in [0.05, 0.1) is 0 Å². The Kier molecular flexibility index (Phi) is 4.57. The van der Waals surface area contributed by atoms with E-state index in [0.717, 1.165) is 18.8 Å². The second-order valence-corrected chi connectivity index (χ2v) is 5.87. The molecule has 1 saturated heterocycles. The lowest BCUT2D eigenvalue weighted by Gasteiger charge is -2.17. The van der Waals surface area contributed by atoms with Gasteiger partial charge in [-0.2, -0.15) is 0 Å². The van der Waals surface area contributed by atoms with Gasteiger partial charge in [0.15, 0.2) is 0 Å². The van der Waals surface area contributed by atoms with E-state index in [4.69, 9.17) is 11.6 Å². The number of nitrogens with zero attached hydrogens (tertiary/aromatic N) is 2. The number of amides is 1. The van der Waals surface area contributed by atoms with Crippen LogP contribution in [0.1, 0.15) is 16.8 Å². The summed E-state index contributed by atoms with van der Waals surface area (Å²) >= 11 is 5.78. The van der Waals surface area contributed by atoms with Gasteiger partial charge in [0.1, 0.15) is 5.82 Å². The zero-order valence-corrected chi connectivity index (χ0v) is 13.2. The molecule has 1 aliphatic heterocycles. The fraction of sp³-hybridized carbons (Fsp3) is 0.235. The Morgan fingerprint density at radius 1 is 1.17 bits per heavy atom. The molecule has 0 aliphatic carbocycles. The summed E-state index contributed by atoms with van der Waals surface area (Å²) in [7, 11) is 0. The highest BCUT2D eigenvalue weighted by molar-refractivity contribution is 6.43. The monoisotopic (exact) mass is 329 g/mol. The fourth-order valence-corrected chi connectivity index (χ4v) is 2.74. The van der Waals surface area contributed by atoms with Crippen molar-refractivity contribution in [3.8, 4) is 0 Å². The number of anilines is 1. The Hall–Kier alpha value is -2.40. The lowest BCUT2D eigenvalue weighted by Crippen LogP contribution is -2.41. The minimum atomic E-state index is -0.583. The first-order chi connectivity index (χ1) is 11.1. The summed E-state index contributed by atoms with van der Waals surface area (Å²) in [5, 5.41) is 3.33. The van der Waals surface area contributed by atoms with E-state index in [1.165, 1.54) is 0 Å². The molecule has 118 valence electrons. The van der Waals surface area contributed by atoms with E-state index in [2.05, 4.69) is 15.2 Å². The summed E-state index contributed by atoms with van der Waals surface area (Å²) in [6.45, 7) is 1.45. The van der Waals surface area contributed by atoms with Crippen molar-refractivity contribution in [2.24, 2.45) is 0 Å². The molecule has 1 aromatic carbocycles. The van der Waals surface area contributed by atoms with Crippen molar-refractivity contribution in [2.45, 2.75) is 12.5 Å². The molecular formula is C17H16ClN3O2. The molecule has 5 nitrogen and oxygen atoms in total. The van der Waals surface area contributed by atoms with Gasteiger partial charge < -0.3 is 10.2 Å². The van der Waals surface area contributed by atoms with Crippen LogP contribution in [0.25, 0.3) is 0 Å². The molecule has 0 bridgehead atoms. The highest BCUT2D eigenvalue weighted by atomic mass is 35.5. The second kappa shape index (κ2) is 6.79. The molecule has 1 atom stereocenters. The zero-order valence-electron chi connectivity index (χ0n) is 12.4. The van der Waals surface area contributed by atoms with Crippen molar-refractivity contribution < 1.29 is 9.59 Å². The van der Waals surface area contributed by atoms with E-state index in [0.29, 0.717) is 17.1 Å². The van der Waals surface area contributed by atoms with Gasteiger partial charge in [-0.1, -0.05) is 17.7 Å². The van der Waals surface area contributed by atoms with Crippen LogP contribution < -0.4 is 10.2 Å². The first-order valence-electron chi connectivity index (χ1n) is 7.40. The summed E-state index contributed by atoms with van der Waals surface area (Å²) in [6.07, 6.45) is 2.53. The smallest absolute Gasteiger partial charge is 0.292 e. The van der Waals surface area contributed by atoms with Crippen LogP contribution in [0.3, 0.4) is 0 Å². The fourth-order valence-electron chi connectivity index (χ4n) is 2.61. The molecule has 1 fully saturated rings. The van der Waals surface area contributed by atoms with Crippen molar-refractivity contribution in [3.05, 3.63) is 59.2 Å². The van der Waals surface area contributed by atoms with Crippen molar-refractivity contribution in [1.82, 2.24) is 10.3 Å². The van der Waals surface area contributed by atoms with Crippen molar-refractivity contribution >= 4 is 29.1 Å².